The van der Waals surface area contributed by atoms with Gasteiger partial charge in [0.05, 0.1) is 13.5 Å². The van der Waals surface area contributed by atoms with Crippen LogP contribution < -0.4 is 5.32 Å². The molecule has 0 atom stereocenters. The molecule has 18 heavy (non-hydrogen) atoms. The van der Waals surface area contributed by atoms with E-state index in [1.165, 1.54) is 16.2 Å². The van der Waals surface area contributed by atoms with Crippen molar-refractivity contribution in [2.24, 2.45) is 0 Å². The predicted octanol–water partition coefficient (Wildman–Crippen LogP) is 1.90. The Balaban J connectivity index is 2.19. The maximum absolute atomic E-state index is 11.4. The van der Waals surface area contributed by atoms with Gasteiger partial charge < -0.3 is 10.1 Å². The summed E-state index contributed by atoms with van der Waals surface area (Å²) in [7, 11) is 1.32. The van der Waals surface area contributed by atoms with E-state index in [-0.39, 0.29) is 24.7 Å². The van der Waals surface area contributed by atoms with E-state index >= 15 is 0 Å². The van der Waals surface area contributed by atoms with Gasteiger partial charge in [0.2, 0.25) is 5.91 Å². The number of amides is 1. The third kappa shape index (κ3) is 6.00. The first-order valence-electron chi connectivity index (χ1n) is 5.70. The van der Waals surface area contributed by atoms with Gasteiger partial charge >= 0.3 is 5.97 Å². The molecule has 0 spiro atoms. The van der Waals surface area contributed by atoms with Gasteiger partial charge in [-0.3, -0.25) is 9.59 Å². The first kappa shape index (κ1) is 14.9. The second kappa shape index (κ2) is 8.07. The summed E-state index contributed by atoms with van der Waals surface area (Å²) in [5.74, 6) is -0.478. The van der Waals surface area contributed by atoms with Crippen LogP contribution in [0.2, 0.25) is 0 Å². The first-order chi connectivity index (χ1) is 8.61. The topological polar surface area (TPSA) is 55.4 Å². The van der Waals surface area contributed by atoms with E-state index in [2.05, 4.69) is 32.6 Å². The van der Waals surface area contributed by atoms with Gasteiger partial charge in [-0.25, -0.2) is 0 Å². The third-order valence-electron chi connectivity index (χ3n) is 2.43. The van der Waals surface area contributed by atoms with Crippen LogP contribution in [0.15, 0.2) is 24.3 Å². The molecule has 1 N–H and O–H groups in total. The highest BCUT2D eigenvalue weighted by molar-refractivity contribution is 14.1. The minimum Gasteiger partial charge on any atom is -0.469 e. The fourth-order valence-electron chi connectivity index (χ4n) is 1.40. The van der Waals surface area contributed by atoms with Gasteiger partial charge in [0.1, 0.15) is 0 Å². The highest BCUT2D eigenvalue weighted by Crippen LogP contribution is 2.06. The number of nitrogens with one attached hydrogen (secondary N) is 1. The fourth-order valence-corrected chi connectivity index (χ4v) is 1.76. The Kier molecular flexibility index (Phi) is 6.70. The molecule has 0 bridgehead atoms. The van der Waals surface area contributed by atoms with Crippen molar-refractivity contribution in [2.45, 2.75) is 19.3 Å². The van der Waals surface area contributed by atoms with Crippen molar-refractivity contribution in [3.8, 4) is 0 Å². The summed E-state index contributed by atoms with van der Waals surface area (Å²) in [5, 5.41) is 2.78. The Labute approximate surface area is 120 Å². The zero-order valence-corrected chi connectivity index (χ0v) is 12.4. The van der Waals surface area contributed by atoms with E-state index in [9.17, 15) is 9.59 Å². The van der Waals surface area contributed by atoms with Crippen LogP contribution in [0.4, 0.5) is 0 Å². The quantitative estimate of drug-likeness (QED) is 0.622. The molecule has 1 amide bonds. The highest BCUT2D eigenvalue weighted by atomic mass is 127. The summed E-state index contributed by atoms with van der Waals surface area (Å²) in [4.78, 5) is 22.2. The van der Waals surface area contributed by atoms with E-state index in [1.54, 1.807) is 0 Å². The van der Waals surface area contributed by atoms with Crippen LogP contribution in [0.1, 0.15) is 18.4 Å². The largest absolute Gasteiger partial charge is 0.469 e. The molecule has 1 rings (SSSR count). The van der Waals surface area contributed by atoms with Crippen molar-refractivity contribution in [1.82, 2.24) is 5.32 Å². The van der Waals surface area contributed by atoms with Gasteiger partial charge in [0, 0.05) is 16.5 Å². The van der Waals surface area contributed by atoms with Crippen molar-refractivity contribution in [3.63, 3.8) is 0 Å². The summed E-state index contributed by atoms with van der Waals surface area (Å²) in [6, 6.07) is 8.16. The van der Waals surface area contributed by atoms with Crippen LogP contribution in [0, 0.1) is 3.57 Å². The van der Waals surface area contributed by atoms with Crippen LogP contribution in [0.5, 0.6) is 0 Å². The van der Waals surface area contributed by atoms with Gasteiger partial charge in [-0.1, -0.05) is 12.1 Å². The summed E-state index contributed by atoms with van der Waals surface area (Å²) in [5.41, 5.74) is 1.18. The van der Waals surface area contributed by atoms with Crippen molar-refractivity contribution in [1.29, 1.82) is 0 Å². The van der Waals surface area contributed by atoms with Crippen molar-refractivity contribution in [3.05, 3.63) is 33.4 Å². The molecule has 0 aliphatic rings. The zero-order chi connectivity index (χ0) is 13.4. The number of carbonyl (C=O) groups excluding carboxylic acids is 2. The summed E-state index contributed by atoms with van der Waals surface area (Å²) in [6.45, 7) is 0.584. The Morgan fingerprint density at radius 1 is 1.22 bits per heavy atom. The van der Waals surface area contributed by atoms with Crippen molar-refractivity contribution >= 4 is 34.5 Å². The Bertz CT molecular complexity index is 403. The Hall–Kier alpha value is -1.11. The molecule has 4 nitrogen and oxygen atoms in total. The molecule has 0 aliphatic carbocycles. The molecule has 5 heteroatoms. The standard InChI is InChI=1S/C13H16INO3/c1-18-13(17)7-6-12(16)15-9-8-10-2-4-11(14)5-3-10/h2-5H,6-9H2,1H3,(H,15,16). The molecule has 0 unspecified atom stereocenters. The number of esters is 1. The van der Waals surface area contributed by atoms with Crippen LogP contribution in [0.3, 0.4) is 0 Å². The first-order valence-corrected chi connectivity index (χ1v) is 6.77. The molecular formula is C13H16INO3. The van der Waals surface area contributed by atoms with Crippen LogP contribution in [-0.4, -0.2) is 25.5 Å². The summed E-state index contributed by atoms with van der Waals surface area (Å²) in [6.07, 6.45) is 1.10. The van der Waals surface area contributed by atoms with Crippen LogP contribution >= 0.6 is 22.6 Å². The number of ether oxygens (including phenoxy) is 1. The Morgan fingerprint density at radius 2 is 1.89 bits per heavy atom. The third-order valence-corrected chi connectivity index (χ3v) is 3.15. The van der Waals surface area contributed by atoms with Crippen molar-refractivity contribution in [2.75, 3.05) is 13.7 Å². The fraction of sp³-hybridized carbons (Fsp3) is 0.385. The molecule has 0 saturated heterocycles. The zero-order valence-electron chi connectivity index (χ0n) is 10.2. The molecule has 0 fully saturated rings. The summed E-state index contributed by atoms with van der Waals surface area (Å²) >= 11 is 2.25. The molecule has 0 saturated carbocycles. The molecule has 98 valence electrons. The molecule has 0 heterocycles. The second-order valence-electron chi connectivity index (χ2n) is 3.80. The smallest absolute Gasteiger partial charge is 0.306 e. The number of halogens is 1. The monoisotopic (exact) mass is 361 g/mol. The van der Waals surface area contributed by atoms with E-state index in [4.69, 9.17) is 0 Å². The average Bonchev–Trinajstić information content (AvgIpc) is 2.38. The van der Waals surface area contributed by atoms with Gasteiger partial charge in [-0.05, 0) is 46.7 Å². The summed E-state index contributed by atoms with van der Waals surface area (Å²) < 4.78 is 5.66. The van der Waals surface area contributed by atoms with E-state index in [0.717, 1.165) is 6.42 Å². The maximum Gasteiger partial charge on any atom is 0.306 e. The van der Waals surface area contributed by atoms with Crippen LogP contribution in [-0.2, 0) is 20.7 Å². The molecular weight excluding hydrogens is 345 g/mol. The average molecular weight is 361 g/mol. The lowest BCUT2D eigenvalue weighted by molar-refractivity contribution is -0.142. The van der Waals surface area contributed by atoms with E-state index in [0.29, 0.717) is 6.54 Å². The number of hydrogen-bond donors (Lipinski definition) is 1. The molecule has 0 aliphatic heterocycles. The van der Waals surface area contributed by atoms with E-state index < -0.39 is 0 Å². The number of rotatable bonds is 6. The molecule has 0 aromatic heterocycles. The van der Waals surface area contributed by atoms with E-state index in [1.807, 2.05) is 24.3 Å². The van der Waals surface area contributed by atoms with Gasteiger partial charge in [-0.15, -0.1) is 0 Å². The normalized spacial score (nSPS) is 9.89. The number of benzene rings is 1. The molecule has 1 aromatic carbocycles. The second-order valence-corrected chi connectivity index (χ2v) is 5.05. The predicted molar refractivity (Wildman–Crippen MR) is 77.1 cm³/mol. The van der Waals surface area contributed by atoms with Gasteiger partial charge in [0.25, 0.3) is 0 Å². The minimum atomic E-state index is -0.359. The lowest BCUT2D eigenvalue weighted by Gasteiger charge is -2.05. The lowest BCUT2D eigenvalue weighted by Crippen LogP contribution is -2.26. The Morgan fingerprint density at radius 3 is 2.50 bits per heavy atom. The lowest BCUT2D eigenvalue weighted by atomic mass is 10.1. The number of carbonyl (C=O) groups is 2. The highest BCUT2D eigenvalue weighted by Gasteiger charge is 2.05. The van der Waals surface area contributed by atoms with Gasteiger partial charge in [0.15, 0.2) is 0 Å². The number of methoxy groups -OCH3 is 1. The van der Waals surface area contributed by atoms with Crippen LogP contribution in [0.25, 0.3) is 0 Å². The SMILES string of the molecule is COC(=O)CCC(=O)NCCc1ccc(I)cc1. The van der Waals surface area contributed by atoms with Gasteiger partial charge in [-0.2, -0.15) is 0 Å². The number of hydrogen-bond acceptors (Lipinski definition) is 3. The molecule has 0 radical (unpaired) electrons. The molecule has 1 aromatic rings. The van der Waals surface area contributed by atoms with Crippen molar-refractivity contribution < 1.29 is 14.3 Å². The minimum absolute atomic E-state index is 0.120. The maximum atomic E-state index is 11.4.